The maximum absolute atomic E-state index is 11.2. The van der Waals surface area contributed by atoms with Crippen LogP contribution in [0.5, 0.6) is 0 Å². The Balaban J connectivity index is 2.42. The Morgan fingerprint density at radius 3 is 2.71 bits per heavy atom. The summed E-state index contributed by atoms with van der Waals surface area (Å²) >= 11 is 0. The molecular formula is C13H18N2O2. The Morgan fingerprint density at radius 1 is 1.47 bits per heavy atom. The molecule has 1 aliphatic heterocycles. The quantitative estimate of drug-likeness (QED) is 0.770. The van der Waals surface area contributed by atoms with Gasteiger partial charge in [-0.15, -0.1) is 0 Å². The largest absolute Gasteiger partial charge is 0.478 e. The minimum absolute atomic E-state index is 0.220. The van der Waals surface area contributed by atoms with E-state index in [0.717, 1.165) is 19.5 Å². The molecule has 17 heavy (non-hydrogen) atoms. The van der Waals surface area contributed by atoms with Crippen molar-refractivity contribution < 1.29 is 9.90 Å². The smallest absolute Gasteiger partial charge is 0.337 e. The molecule has 92 valence electrons. The topological polar surface area (TPSA) is 66.6 Å². The first-order valence-electron chi connectivity index (χ1n) is 5.77. The first kappa shape index (κ1) is 11.8. The van der Waals surface area contributed by atoms with Crippen LogP contribution in [0.15, 0.2) is 18.2 Å². The number of nitrogens with two attached hydrogens (primary N) is 1. The van der Waals surface area contributed by atoms with Gasteiger partial charge in [0.1, 0.15) is 0 Å². The molecule has 0 radical (unpaired) electrons. The maximum Gasteiger partial charge on any atom is 0.337 e. The third kappa shape index (κ3) is 2.20. The fraction of sp³-hybridized carbons (Fsp3) is 0.462. The molecule has 0 bridgehead atoms. The number of nitrogen functional groups attached to an aromatic ring is 1. The van der Waals surface area contributed by atoms with Crippen molar-refractivity contribution in [2.75, 3.05) is 23.7 Å². The molecule has 1 aliphatic rings. The van der Waals surface area contributed by atoms with Gasteiger partial charge in [0.2, 0.25) is 0 Å². The van der Waals surface area contributed by atoms with E-state index in [1.165, 1.54) is 0 Å². The Hall–Kier alpha value is -1.71. The molecule has 1 aromatic rings. The molecular weight excluding hydrogens is 216 g/mol. The third-order valence-electron chi connectivity index (χ3n) is 3.29. The number of hydrogen-bond acceptors (Lipinski definition) is 3. The van der Waals surface area contributed by atoms with Gasteiger partial charge < -0.3 is 15.7 Å². The van der Waals surface area contributed by atoms with Crippen molar-refractivity contribution in [2.24, 2.45) is 5.41 Å². The van der Waals surface area contributed by atoms with Gasteiger partial charge in [-0.1, -0.05) is 19.9 Å². The molecule has 4 nitrogen and oxygen atoms in total. The second-order valence-electron chi connectivity index (χ2n) is 5.38. The summed E-state index contributed by atoms with van der Waals surface area (Å²) in [5, 5.41) is 9.20. The maximum atomic E-state index is 11.2. The van der Waals surface area contributed by atoms with Gasteiger partial charge in [-0.05, 0) is 24.0 Å². The van der Waals surface area contributed by atoms with Crippen LogP contribution in [-0.4, -0.2) is 24.2 Å². The lowest BCUT2D eigenvalue weighted by molar-refractivity contribution is 0.0697. The van der Waals surface area contributed by atoms with Gasteiger partial charge in [-0.3, -0.25) is 0 Å². The van der Waals surface area contributed by atoms with Crippen molar-refractivity contribution in [3.8, 4) is 0 Å². The van der Waals surface area contributed by atoms with Crippen LogP contribution in [0.3, 0.4) is 0 Å². The second-order valence-corrected chi connectivity index (χ2v) is 5.38. The van der Waals surface area contributed by atoms with Crippen LogP contribution in [0.2, 0.25) is 0 Å². The summed E-state index contributed by atoms with van der Waals surface area (Å²) in [6, 6.07) is 5.05. The fourth-order valence-corrected chi connectivity index (χ4v) is 2.39. The molecule has 1 fully saturated rings. The first-order chi connectivity index (χ1) is 7.91. The molecule has 1 heterocycles. The molecule has 0 atom stereocenters. The van der Waals surface area contributed by atoms with Crippen LogP contribution >= 0.6 is 0 Å². The average Bonchev–Trinajstić information content (AvgIpc) is 2.58. The van der Waals surface area contributed by atoms with Crippen LogP contribution < -0.4 is 10.6 Å². The molecule has 0 saturated carbocycles. The van der Waals surface area contributed by atoms with Gasteiger partial charge in [0.05, 0.1) is 16.9 Å². The number of benzene rings is 1. The Kier molecular flexibility index (Phi) is 2.73. The molecule has 0 amide bonds. The van der Waals surface area contributed by atoms with Gasteiger partial charge in [-0.2, -0.15) is 0 Å². The Morgan fingerprint density at radius 2 is 2.18 bits per heavy atom. The zero-order chi connectivity index (χ0) is 12.6. The zero-order valence-electron chi connectivity index (χ0n) is 10.2. The van der Waals surface area contributed by atoms with E-state index in [1.54, 1.807) is 18.2 Å². The monoisotopic (exact) mass is 234 g/mol. The van der Waals surface area contributed by atoms with Crippen molar-refractivity contribution in [1.29, 1.82) is 0 Å². The predicted octanol–water partition coefficient (Wildman–Crippen LogP) is 2.20. The molecule has 1 aromatic carbocycles. The van der Waals surface area contributed by atoms with Crippen molar-refractivity contribution in [2.45, 2.75) is 20.3 Å². The number of carbonyl (C=O) groups is 1. The lowest BCUT2D eigenvalue weighted by Gasteiger charge is -2.24. The van der Waals surface area contributed by atoms with Crippen molar-refractivity contribution in [3.63, 3.8) is 0 Å². The fourth-order valence-electron chi connectivity index (χ4n) is 2.39. The molecule has 0 spiro atoms. The standard InChI is InChI=1S/C13H18N2O2/c1-13(2)6-7-15(8-13)11-9(12(16)17)4-3-5-10(11)14/h3-5H,6-8,14H2,1-2H3,(H,16,17). The van der Waals surface area contributed by atoms with E-state index in [-0.39, 0.29) is 5.41 Å². The van der Waals surface area contributed by atoms with E-state index in [1.807, 2.05) is 0 Å². The highest BCUT2D eigenvalue weighted by atomic mass is 16.4. The molecule has 0 aliphatic carbocycles. The Labute approximate surface area is 101 Å². The summed E-state index contributed by atoms with van der Waals surface area (Å²) in [6.07, 6.45) is 1.06. The van der Waals surface area contributed by atoms with Crippen LogP contribution in [0, 0.1) is 5.41 Å². The van der Waals surface area contributed by atoms with E-state index in [4.69, 9.17) is 5.73 Å². The number of rotatable bonds is 2. The van der Waals surface area contributed by atoms with Crippen LogP contribution in [-0.2, 0) is 0 Å². The Bertz CT molecular complexity index is 455. The number of para-hydroxylation sites is 1. The predicted molar refractivity (Wildman–Crippen MR) is 68.4 cm³/mol. The van der Waals surface area contributed by atoms with Gasteiger partial charge in [0, 0.05) is 13.1 Å². The SMILES string of the molecule is CC1(C)CCN(c2c(N)cccc2C(=O)O)C1. The minimum atomic E-state index is -0.919. The van der Waals surface area contributed by atoms with E-state index in [9.17, 15) is 9.90 Å². The number of hydrogen-bond donors (Lipinski definition) is 2. The van der Waals surface area contributed by atoms with Crippen molar-refractivity contribution in [1.82, 2.24) is 0 Å². The van der Waals surface area contributed by atoms with Gasteiger partial charge in [0.25, 0.3) is 0 Å². The molecule has 4 heteroatoms. The lowest BCUT2D eigenvalue weighted by Crippen LogP contribution is -2.25. The summed E-state index contributed by atoms with van der Waals surface area (Å²) in [4.78, 5) is 13.3. The third-order valence-corrected chi connectivity index (χ3v) is 3.29. The number of anilines is 2. The minimum Gasteiger partial charge on any atom is -0.478 e. The second kappa shape index (κ2) is 3.95. The summed E-state index contributed by atoms with van der Waals surface area (Å²) in [6.45, 7) is 6.09. The molecule has 1 saturated heterocycles. The van der Waals surface area contributed by atoms with E-state index < -0.39 is 5.97 Å². The van der Waals surface area contributed by atoms with Crippen molar-refractivity contribution >= 4 is 17.3 Å². The summed E-state index contributed by atoms with van der Waals surface area (Å²) < 4.78 is 0. The van der Waals surface area contributed by atoms with Gasteiger partial charge >= 0.3 is 5.97 Å². The summed E-state index contributed by atoms with van der Waals surface area (Å²) in [5.74, 6) is -0.919. The molecule has 0 aromatic heterocycles. The van der Waals surface area contributed by atoms with Gasteiger partial charge in [-0.25, -0.2) is 4.79 Å². The molecule has 0 unspecified atom stereocenters. The normalized spacial score (nSPS) is 18.4. The first-order valence-corrected chi connectivity index (χ1v) is 5.77. The molecule has 3 N–H and O–H groups in total. The lowest BCUT2D eigenvalue weighted by atomic mass is 9.93. The number of nitrogens with zero attached hydrogens (tertiary/aromatic N) is 1. The van der Waals surface area contributed by atoms with Crippen LogP contribution in [0.25, 0.3) is 0 Å². The summed E-state index contributed by atoms with van der Waals surface area (Å²) in [7, 11) is 0. The number of aromatic carboxylic acids is 1. The highest BCUT2D eigenvalue weighted by Gasteiger charge is 2.32. The van der Waals surface area contributed by atoms with Crippen LogP contribution in [0.1, 0.15) is 30.6 Å². The van der Waals surface area contributed by atoms with E-state index in [2.05, 4.69) is 18.7 Å². The van der Waals surface area contributed by atoms with Crippen molar-refractivity contribution in [3.05, 3.63) is 23.8 Å². The average molecular weight is 234 g/mol. The molecule has 2 rings (SSSR count). The number of carboxylic acid groups (broad SMARTS) is 1. The number of carboxylic acids is 1. The van der Waals surface area contributed by atoms with E-state index in [0.29, 0.717) is 16.9 Å². The highest BCUT2D eigenvalue weighted by Crippen LogP contribution is 2.37. The van der Waals surface area contributed by atoms with Crippen LogP contribution in [0.4, 0.5) is 11.4 Å². The van der Waals surface area contributed by atoms with E-state index >= 15 is 0 Å². The summed E-state index contributed by atoms with van der Waals surface area (Å²) in [5.41, 5.74) is 7.65. The zero-order valence-corrected chi connectivity index (χ0v) is 10.2. The highest BCUT2D eigenvalue weighted by molar-refractivity contribution is 5.98. The van der Waals surface area contributed by atoms with Gasteiger partial charge in [0.15, 0.2) is 0 Å².